The van der Waals surface area contributed by atoms with Gasteiger partial charge in [0.2, 0.25) is 5.95 Å². The standard InChI is InChI=1S/C14H10BrF2N7O2/c1-23-6-7(4-19-23)20-14-18-5-9(15)13(22-14)21-11-3-8(24(25)26)2-10(16)12(11)17/h2-6H,1H3,(H2,18,20,21,22). The lowest BCUT2D eigenvalue weighted by Crippen LogP contribution is -2.04. The van der Waals surface area contributed by atoms with Crippen LogP contribution in [0.25, 0.3) is 0 Å². The predicted octanol–water partition coefficient (Wildman–Crippen LogP) is 3.65. The van der Waals surface area contributed by atoms with E-state index in [0.717, 1.165) is 6.07 Å². The number of non-ortho nitro benzene ring substituents is 1. The molecule has 3 aromatic rings. The van der Waals surface area contributed by atoms with Crippen LogP contribution in [0, 0.1) is 21.7 Å². The van der Waals surface area contributed by atoms with E-state index in [-0.39, 0.29) is 11.8 Å². The average molecular weight is 426 g/mol. The van der Waals surface area contributed by atoms with Crippen LogP contribution in [0.3, 0.4) is 0 Å². The van der Waals surface area contributed by atoms with Gasteiger partial charge < -0.3 is 10.6 Å². The van der Waals surface area contributed by atoms with E-state index in [1.807, 2.05) is 0 Å². The van der Waals surface area contributed by atoms with Crippen molar-refractivity contribution >= 4 is 44.8 Å². The van der Waals surface area contributed by atoms with Crippen LogP contribution in [-0.4, -0.2) is 24.7 Å². The molecule has 0 amide bonds. The maximum atomic E-state index is 14.0. The van der Waals surface area contributed by atoms with Gasteiger partial charge in [-0.25, -0.2) is 13.8 Å². The van der Waals surface area contributed by atoms with E-state index in [0.29, 0.717) is 16.2 Å². The molecule has 3 rings (SSSR count). The SMILES string of the molecule is Cn1cc(Nc2ncc(Br)c(Nc3cc([N+](=O)[O-])cc(F)c3F)n2)cn1. The molecule has 0 bridgehead atoms. The molecule has 2 N–H and O–H groups in total. The van der Waals surface area contributed by atoms with Gasteiger partial charge in [0.15, 0.2) is 11.6 Å². The minimum absolute atomic E-state index is 0.0881. The molecule has 26 heavy (non-hydrogen) atoms. The topological polar surface area (TPSA) is 111 Å². The third-order valence-corrected chi connectivity index (χ3v) is 3.76. The average Bonchev–Trinajstić information content (AvgIpc) is 2.99. The fourth-order valence-corrected chi connectivity index (χ4v) is 2.32. The van der Waals surface area contributed by atoms with E-state index in [1.165, 1.54) is 6.20 Å². The molecule has 9 nitrogen and oxygen atoms in total. The number of halogens is 3. The lowest BCUT2D eigenvalue weighted by molar-refractivity contribution is -0.385. The quantitative estimate of drug-likeness (QED) is 0.473. The number of aromatic nitrogens is 4. The van der Waals surface area contributed by atoms with Crippen molar-refractivity contribution in [3.8, 4) is 0 Å². The van der Waals surface area contributed by atoms with Crippen molar-refractivity contribution in [1.29, 1.82) is 0 Å². The first-order valence-electron chi connectivity index (χ1n) is 7.02. The Hall–Kier alpha value is -3.15. The van der Waals surface area contributed by atoms with Crippen LogP contribution in [0.4, 0.5) is 37.6 Å². The summed E-state index contributed by atoms with van der Waals surface area (Å²) in [7, 11) is 1.74. The second kappa shape index (κ2) is 7.00. The predicted molar refractivity (Wildman–Crippen MR) is 92.5 cm³/mol. The molecule has 0 fully saturated rings. The smallest absolute Gasteiger partial charge is 0.274 e. The highest BCUT2D eigenvalue weighted by Crippen LogP contribution is 2.30. The third-order valence-electron chi connectivity index (χ3n) is 3.18. The summed E-state index contributed by atoms with van der Waals surface area (Å²) in [5.74, 6) is -2.36. The highest BCUT2D eigenvalue weighted by atomic mass is 79.9. The molecule has 12 heteroatoms. The van der Waals surface area contributed by atoms with Crippen LogP contribution in [-0.2, 0) is 7.05 Å². The van der Waals surface area contributed by atoms with E-state index in [4.69, 9.17) is 0 Å². The Kier molecular flexibility index (Phi) is 4.75. The second-order valence-corrected chi connectivity index (χ2v) is 5.94. The molecular weight excluding hydrogens is 416 g/mol. The van der Waals surface area contributed by atoms with Crippen molar-refractivity contribution in [3.05, 3.63) is 56.9 Å². The zero-order chi connectivity index (χ0) is 18.8. The number of nitrogens with one attached hydrogen (secondary N) is 2. The summed E-state index contributed by atoms with van der Waals surface area (Å²) in [5, 5.41) is 20.2. The zero-order valence-electron chi connectivity index (χ0n) is 13.1. The summed E-state index contributed by atoms with van der Waals surface area (Å²) >= 11 is 3.19. The first-order chi connectivity index (χ1) is 12.3. The van der Waals surface area contributed by atoms with Crippen LogP contribution < -0.4 is 10.6 Å². The molecule has 0 radical (unpaired) electrons. The Morgan fingerprint density at radius 1 is 1.27 bits per heavy atom. The number of nitro benzene ring substituents is 1. The molecule has 0 aliphatic rings. The highest BCUT2D eigenvalue weighted by Gasteiger charge is 2.18. The van der Waals surface area contributed by atoms with Crippen LogP contribution in [0.1, 0.15) is 0 Å². The van der Waals surface area contributed by atoms with Crippen LogP contribution in [0.5, 0.6) is 0 Å². The van der Waals surface area contributed by atoms with Gasteiger partial charge in [-0.05, 0) is 15.9 Å². The van der Waals surface area contributed by atoms with E-state index in [1.54, 1.807) is 24.1 Å². The van der Waals surface area contributed by atoms with Gasteiger partial charge in [-0.2, -0.15) is 10.1 Å². The Labute approximate surface area is 153 Å². The summed E-state index contributed by atoms with van der Waals surface area (Å²) in [6.45, 7) is 0. The number of nitro groups is 1. The molecule has 134 valence electrons. The molecule has 2 aromatic heterocycles. The van der Waals surface area contributed by atoms with Gasteiger partial charge in [0, 0.05) is 25.5 Å². The van der Waals surface area contributed by atoms with Gasteiger partial charge >= 0.3 is 0 Å². The molecule has 0 unspecified atom stereocenters. The lowest BCUT2D eigenvalue weighted by Gasteiger charge is -2.10. The number of aryl methyl sites for hydroxylation is 1. The number of hydrogen-bond donors (Lipinski definition) is 2. The number of hydrogen-bond acceptors (Lipinski definition) is 7. The molecule has 0 saturated heterocycles. The molecule has 0 aliphatic heterocycles. The van der Waals surface area contributed by atoms with E-state index < -0.39 is 27.9 Å². The van der Waals surface area contributed by atoms with Crippen LogP contribution >= 0.6 is 15.9 Å². The Morgan fingerprint density at radius 3 is 2.69 bits per heavy atom. The van der Waals surface area contributed by atoms with Crippen molar-refractivity contribution in [2.24, 2.45) is 7.05 Å². The summed E-state index contributed by atoms with van der Waals surface area (Å²) in [6, 6.07) is 1.38. The Morgan fingerprint density at radius 2 is 2.04 bits per heavy atom. The molecule has 0 aliphatic carbocycles. The van der Waals surface area contributed by atoms with E-state index >= 15 is 0 Å². The number of rotatable bonds is 5. The number of benzene rings is 1. The normalized spacial score (nSPS) is 10.6. The fourth-order valence-electron chi connectivity index (χ4n) is 2.03. The zero-order valence-corrected chi connectivity index (χ0v) is 14.7. The van der Waals surface area contributed by atoms with E-state index in [9.17, 15) is 18.9 Å². The maximum Gasteiger partial charge on any atom is 0.274 e. The lowest BCUT2D eigenvalue weighted by atomic mass is 10.2. The summed E-state index contributed by atoms with van der Waals surface area (Å²) in [6.07, 6.45) is 4.63. The molecule has 0 atom stereocenters. The minimum Gasteiger partial charge on any atom is -0.336 e. The Bertz CT molecular complexity index is 995. The molecule has 1 aromatic carbocycles. The van der Waals surface area contributed by atoms with Gasteiger partial charge in [-0.1, -0.05) is 0 Å². The summed E-state index contributed by atoms with van der Waals surface area (Å²) < 4.78 is 29.5. The fraction of sp³-hybridized carbons (Fsp3) is 0.0714. The monoisotopic (exact) mass is 425 g/mol. The van der Waals surface area contributed by atoms with Gasteiger partial charge in [-0.3, -0.25) is 14.8 Å². The third kappa shape index (κ3) is 3.74. The van der Waals surface area contributed by atoms with Crippen LogP contribution in [0.2, 0.25) is 0 Å². The minimum atomic E-state index is -1.35. The maximum absolute atomic E-state index is 14.0. The van der Waals surface area contributed by atoms with Crippen molar-refractivity contribution in [3.63, 3.8) is 0 Å². The summed E-state index contributed by atoms with van der Waals surface area (Å²) in [4.78, 5) is 18.2. The van der Waals surface area contributed by atoms with Gasteiger partial charge in [0.25, 0.3) is 5.69 Å². The second-order valence-electron chi connectivity index (χ2n) is 5.09. The molecule has 0 saturated carbocycles. The molecule has 0 spiro atoms. The van der Waals surface area contributed by atoms with Crippen molar-refractivity contribution in [2.75, 3.05) is 10.6 Å². The van der Waals surface area contributed by atoms with Crippen molar-refractivity contribution < 1.29 is 13.7 Å². The Balaban J connectivity index is 1.92. The summed E-state index contributed by atoms with van der Waals surface area (Å²) in [5.41, 5.74) is -0.401. The highest BCUT2D eigenvalue weighted by molar-refractivity contribution is 9.10. The largest absolute Gasteiger partial charge is 0.336 e. The first kappa shape index (κ1) is 17.7. The molecular formula is C14H10BrF2N7O2. The number of anilines is 4. The molecule has 2 heterocycles. The van der Waals surface area contributed by atoms with Crippen molar-refractivity contribution in [2.45, 2.75) is 0 Å². The van der Waals surface area contributed by atoms with Crippen molar-refractivity contribution in [1.82, 2.24) is 19.7 Å². The van der Waals surface area contributed by atoms with Gasteiger partial charge in [0.1, 0.15) is 5.82 Å². The van der Waals surface area contributed by atoms with E-state index in [2.05, 4.69) is 41.6 Å². The van der Waals surface area contributed by atoms with Gasteiger partial charge in [0.05, 0.1) is 33.0 Å². The van der Waals surface area contributed by atoms with Gasteiger partial charge in [-0.15, -0.1) is 0 Å². The number of nitrogens with zero attached hydrogens (tertiary/aromatic N) is 5. The first-order valence-corrected chi connectivity index (χ1v) is 7.81. The van der Waals surface area contributed by atoms with Crippen LogP contribution in [0.15, 0.2) is 35.2 Å².